The van der Waals surface area contributed by atoms with Crippen LogP contribution in [0.15, 0.2) is 24.4 Å². The lowest BCUT2D eigenvalue weighted by atomic mass is 9.91. The van der Waals surface area contributed by atoms with Gasteiger partial charge >= 0.3 is 5.97 Å². The normalized spacial score (nSPS) is 16.9. The van der Waals surface area contributed by atoms with Crippen molar-refractivity contribution in [2.24, 2.45) is 5.92 Å². The Hall–Kier alpha value is -1.84. The van der Waals surface area contributed by atoms with E-state index in [0.29, 0.717) is 5.92 Å². The molecule has 1 atom stereocenters. The van der Waals surface area contributed by atoms with Gasteiger partial charge in [-0.2, -0.15) is 0 Å². The number of halogens is 1. The minimum atomic E-state index is -0.775. The van der Waals surface area contributed by atoms with Gasteiger partial charge in [-0.25, -0.2) is 4.39 Å². The number of hydrogen-bond donors (Lipinski definition) is 2. The lowest BCUT2D eigenvalue weighted by molar-refractivity contribution is -0.137. The van der Waals surface area contributed by atoms with Crippen LogP contribution < -0.4 is 0 Å². The van der Waals surface area contributed by atoms with E-state index < -0.39 is 5.97 Å². The Kier molecular flexibility index (Phi) is 2.58. The van der Waals surface area contributed by atoms with Crippen LogP contribution in [0.3, 0.4) is 0 Å². The lowest BCUT2D eigenvalue weighted by Gasteiger charge is -2.12. The van der Waals surface area contributed by atoms with Gasteiger partial charge in [0.25, 0.3) is 0 Å². The summed E-state index contributed by atoms with van der Waals surface area (Å²) in [6.07, 6.45) is 4.16. The summed E-state index contributed by atoms with van der Waals surface area (Å²) in [4.78, 5) is 14.0. The quantitative estimate of drug-likeness (QED) is 0.871. The molecule has 1 heterocycles. The van der Waals surface area contributed by atoms with E-state index in [-0.39, 0.29) is 18.2 Å². The fourth-order valence-corrected chi connectivity index (χ4v) is 2.64. The molecule has 0 aliphatic heterocycles. The smallest absolute Gasteiger partial charge is 0.303 e. The van der Waals surface area contributed by atoms with Gasteiger partial charge in [-0.1, -0.05) is 0 Å². The van der Waals surface area contributed by atoms with Crippen LogP contribution in [0.2, 0.25) is 0 Å². The Bertz CT molecular complexity index is 601. The van der Waals surface area contributed by atoms with Gasteiger partial charge in [-0.15, -0.1) is 0 Å². The average molecular weight is 247 g/mol. The van der Waals surface area contributed by atoms with Crippen LogP contribution in [0.5, 0.6) is 0 Å². The van der Waals surface area contributed by atoms with Crippen molar-refractivity contribution in [2.75, 3.05) is 0 Å². The van der Waals surface area contributed by atoms with Gasteiger partial charge in [0.2, 0.25) is 0 Å². The Labute approximate surface area is 104 Å². The third-order valence-electron chi connectivity index (χ3n) is 3.66. The molecule has 1 aliphatic carbocycles. The fourth-order valence-electron chi connectivity index (χ4n) is 2.64. The Morgan fingerprint density at radius 1 is 1.50 bits per heavy atom. The molecule has 3 nitrogen and oxygen atoms in total. The highest BCUT2D eigenvalue weighted by Gasteiger charge is 2.34. The second-order valence-corrected chi connectivity index (χ2v) is 4.98. The number of carboxylic acid groups (broad SMARTS) is 1. The number of hydrogen-bond acceptors (Lipinski definition) is 1. The third kappa shape index (κ3) is 1.98. The first kappa shape index (κ1) is 11.3. The fraction of sp³-hybridized carbons (Fsp3) is 0.357. The highest BCUT2D eigenvalue weighted by molar-refractivity contribution is 5.84. The van der Waals surface area contributed by atoms with Crippen molar-refractivity contribution in [2.45, 2.75) is 25.2 Å². The number of aromatic amines is 1. The summed E-state index contributed by atoms with van der Waals surface area (Å²) in [5.74, 6) is -0.549. The van der Waals surface area contributed by atoms with Gasteiger partial charge in [0, 0.05) is 17.1 Å². The molecule has 1 aromatic carbocycles. The second kappa shape index (κ2) is 4.12. The summed E-state index contributed by atoms with van der Waals surface area (Å²) in [5, 5.41) is 9.94. The summed E-state index contributed by atoms with van der Waals surface area (Å²) in [6.45, 7) is 0. The SMILES string of the molecule is O=C(O)CC(c1c[nH]c2cc(F)ccc12)C1CC1. The number of H-pyrrole nitrogens is 1. The third-order valence-corrected chi connectivity index (χ3v) is 3.66. The van der Waals surface area contributed by atoms with E-state index >= 15 is 0 Å². The number of benzene rings is 1. The molecular formula is C14H14FNO2. The van der Waals surface area contributed by atoms with Gasteiger partial charge < -0.3 is 10.1 Å². The molecule has 1 fully saturated rings. The average Bonchev–Trinajstić information content (AvgIpc) is 3.07. The van der Waals surface area contributed by atoms with Crippen molar-refractivity contribution in [3.05, 3.63) is 35.8 Å². The highest BCUT2D eigenvalue weighted by atomic mass is 19.1. The number of nitrogens with one attached hydrogen (secondary N) is 1. The van der Waals surface area contributed by atoms with Crippen LogP contribution in [-0.2, 0) is 4.79 Å². The Morgan fingerprint density at radius 2 is 2.28 bits per heavy atom. The van der Waals surface area contributed by atoms with Gasteiger partial charge in [0.1, 0.15) is 5.82 Å². The number of carboxylic acids is 1. The molecule has 1 saturated carbocycles. The van der Waals surface area contributed by atoms with E-state index in [1.165, 1.54) is 12.1 Å². The van der Waals surface area contributed by atoms with E-state index in [2.05, 4.69) is 4.98 Å². The molecule has 4 heteroatoms. The first-order chi connectivity index (χ1) is 8.65. The van der Waals surface area contributed by atoms with Crippen molar-refractivity contribution in [1.29, 1.82) is 0 Å². The molecular weight excluding hydrogens is 233 g/mol. The highest BCUT2D eigenvalue weighted by Crippen LogP contribution is 2.46. The zero-order valence-corrected chi connectivity index (χ0v) is 9.82. The second-order valence-electron chi connectivity index (χ2n) is 4.98. The zero-order valence-electron chi connectivity index (χ0n) is 9.82. The maximum Gasteiger partial charge on any atom is 0.303 e. The molecule has 3 rings (SSSR count). The van der Waals surface area contributed by atoms with Crippen LogP contribution >= 0.6 is 0 Å². The molecule has 0 amide bonds. The predicted molar refractivity (Wildman–Crippen MR) is 66.0 cm³/mol. The lowest BCUT2D eigenvalue weighted by Crippen LogP contribution is -2.07. The summed E-state index contributed by atoms with van der Waals surface area (Å²) >= 11 is 0. The molecule has 0 spiro atoms. The van der Waals surface area contributed by atoms with Crippen LogP contribution in [0.25, 0.3) is 10.9 Å². The van der Waals surface area contributed by atoms with Crippen molar-refractivity contribution >= 4 is 16.9 Å². The Balaban J connectivity index is 2.03. The van der Waals surface area contributed by atoms with E-state index in [0.717, 1.165) is 29.3 Å². The molecule has 1 aromatic heterocycles. The van der Waals surface area contributed by atoms with Gasteiger partial charge in [-0.3, -0.25) is 4.79 Å². The summed E-state index contributed by atoms with van der Waals surface area (Å²) < 4.78 is 13.1. The van der Waals surface area contributed by atoms with Crippen molar-refractivity contribution in [3.8, 4) is 0 Å². The first-order valence-electron chi connectivity index (χ1n) is 6.13. The molecule has 0 bridgehead atoms. The first-order valence-corrected chi connectivity index (χ1v) is 6.13. The number of carbonyl (C=O) groups is 1. The van der Waals surface area contributed by atoms with Gasteiger partial charge in [0.05, 0.1) is 6.42 Å². The topological polar surface area (TPSA) is 53.1 Å². The molecule has 18 heavy (non-hydrogen) atoms. The summed E-state index contributed by atoms with van der Waals surface area (Å²) in [6, 6.07) is 4.60. The monoisotopic (exact) mass is 247 g/mol. The van der Waals surface area contributed by atoms with E-state index in [9.17, 15) is 9.18 Å². The van der Waals surface area contributed by atoms with E-state index in [1.54, 1.807) is 6.07 Å². The maximum atomic E-state index is 13.1. The summed E-state index contributed by atoms with van der Waals surface area (Å²) in [7, 11) is 0. The number of fused-ring (bicyclic) bond motifs is 1. The maximum absolute atomic E-state index is 13.1. The molecule has 1 unspecified atom stereocenters. The number of rotatable bonds is 4. The number of aliphatic carboxylic acids is 1. The predicted octanol–water partition coefficient (Wildman–Crippen LogP) is 3.28. The molecule has 94 valence electrons. The molecule has 1 aliphatic rings. The number of aromatic nitrogens is 1. The van der Waals surface area contributed by atoms with Crippen molar-refractivity contribution in [1.82, 2.24) is 4.98 Å². The largest absolute Gasteiger partial charge is 0.481 e. The van der Waals surface area contributed by atoms with E-state index in [1.807, 2.05) is 6.20 Å². The van der Waals surface area contributed by atoms with Gasteiger partial charge in [-0.05, 0) is 48.4 Å². The minimum absolute atomic E-state index is 0.0433. The minimum Gasteiger partial charge on any atom is -0.481 e. The van der Waals surface area contributed by atoms with Crippen LogP contribution in [0, 0.1) is 11.7 Å². The molecule has 0 radical (unpaired) electrons. The van der Waals surface area contributed by atoms with Crippen molar-refractivity contribution in [3.63, 3.8) is 0 Å². The summed E-state index contributed by atoms with van der Waals surface area (Å²) in [5.41, 5.74) is 1.75. The molecule has 2 N–H and O–H groups in total. The standard InChI is InChI=1S/C14H14FNO2/c15-9-3-4-10-12(7-16-13(10)5-9)11(6-14(17)18)8-1-2-8/h3-5,7-8,11,16H,1-2,6H2,(H,17,18). The van der Waals surface area contributed by atoms with Crippen LogP contribution in [0.1, 0.15) is 30.7 Å². The van der Waals surface area contributed by atoms with E-state index in [4.69, 9.17) is 5.11 Å². The van der Waals surface area contributed by atoms with Gasteiger partial charge in [0.15, 0.2) is 0 Å². The molecule has 0 saturated heterocycles. The van der Waals surface area contributed by atoms with Crippen molar-refractivity contribution < 1.29 is 14.3 Å². The zero-order chi connectivity index (χ0) is 12.7. The Morgan fingerprint density at radius 3 is 2.94 bits per heavy atom. The van der Waals surface area contributed by atoms with Crippen LogP contribution in [0.4, 0.5) is 4.39 Å². The van der Waals surface area contributed by atoms with Crippen LogP contribution in [-0.4, -0.2) is 16.1 Å². The molecule has 2 aromatic rings.